The van der Waals surface area contributed by atoms with E-state index in [0.717, 1.165) is 23.4 Å². The van der Waals surface area contributed by atoms with E-state index in [9.17, 15) is 4.79 Å². The van der Waals surface area contributed by atoms with Gasteiger partial charge in [-0.2, -0.15) is 0 Å². The first-order valence-corrected chi connectivity index (χ1v) is 5.99. The van der Waals surface area contributed by atoms with Gasteiger partial charge in [0.2, 0.25) is 0 Å². The zero-order valence-corrected chi connectivity index (χ0v) is 10.7. The Hall–Kier alpha value is -1.75. The second-order valence-corrected chi connectivity index (χ2v) is 4.34. The Morgan fingerprint density at radius 2 is 2.33 bits per heavy atom. The predicted octanol–water partition coefficient (Wildman–Crippen LogP) is 1.91. The molecule has 0 spiro atoms. The molecule has 1 atom stereocenters. The Bertz CT molecular complexity index is 428. The molecule has 98 valence electrons. The fourth-order valence-corrected chi connectivity index (χ4v) is 1.85. The van der Waals surface area contributed by atoms with Crippen molar-refractivity contribution in [3.63, 3.8) is 0 Å². The number of aryl methyl sites for hydroxylation is 1. The molecule has 1 aliphatic heterocycles. The quantitative estimate of drug-likeness (QED) is 0.861. The van der Waals surface area contributed by atoms with Gasteiger partial charge in [-0.05, 0) is 25.0 Å². The summed E-state index contributed by atoms with van der Waals surface area (Å²) in [6.45, 7) is 3.24. The number of carbonyl (C=O) groups excluding carboxylic acids is 1. The van der Waals surface area contributed by atoms with E-state index in [0.29, 0.717) is 13.2 Å². The molecule has 0 bridgehead atoms. The topological polar surface area (TPSA) is 59.6 Å². The molecule has 1 aliphatic rings. The van der Waals surface area contributed by atoms with E-state index < -0.39 is 0 Å². The van der Waals surface area contributed by atoms with Crippen molar-refractivity contribution in [3.8, 4) is 5.75 Å². The van der Waals surface area contributed by atoms with Crippen molar-refractivity contribution in [2.24, 2.45) is 0 Å². The van der Waals surface area contributed by atoms with E-state index in [2.05, 4.69) is 10.6 Å². The van der Waals surface area contributed by atoms with E-state index in [1.165, 1.54) is 0 Å². The Kier molecular flexibility index (Phi) is 4.04. The van der Waals surface area contributed by atoms with Crippen LogP contribution in [0.5, 0.6) is 5.75 Å². The third kappa shape index (κ3) is 3.13. The normalized spacial score (nSPS) is 18.4. The number of anilines is 1. The SMILES string of the molecule is COc1ccc(C)c(NC(=O)N[C@H]2CCOC2)c1. The Morgan fingerprint density at radius 1 is 1.50 bits per heavy atom. The van der Waals surface area contributed by atoms with Gasteiger partial charge >= 0.3 is 6.03 Å². The number of carbonyl (C=O) groups is 1. The molecule has 1 heterocycles. The van der Waals surface area contributed by atoms with Crippen LogP contribution in [-0.2, 0) is 4.74 Å². The number of benzene rings is 1. The zero-order chi connectivity index (χ0) is 13.0. The van der Waals surface area contributed by atoms with Gasteiger partial charge in [0.05, 0.1) is 19.8 Å². The minimum absolute atomic E-state index is 0.107. The number of methoxy groups -OCH3 is 1. The smallest absolute Gasteiger partial charge is 0.319 e. The average Bonchev–Trinajstić information content (AvgIpc) is 2.84. The number of nitrogens with one attached hydrogen (secondary N) is 2. The highest BCUT2D eigenvalue weighted by molar-refractivity contribution is 5.90. The van der Waals surface area contributed by atoms with E-state index >= 15 is 0 Å². The molecule has 18 heavy (non-hydrogen) atoms. The molecule has 0 aromatic heterocycles. The first-order chi connectivity index (χ1) is 8.69. The molecule has 0 aliphatic carbocycles. The van der Waals surface area contributed by atoms with Crippen LogP contribution in [0.2, 0.25) is 0 Å². The van der Waals surface area contributed by atoms with Gasteiger partial charge in [0.25, 0.3) is 0 Å². The molecule has 0 radical (unpaired) electrons. The van der Waals surface area contributed by atoms with Gasteiger partial charge in [-0.15, -0.1) is 0 Å². The number of hydrogen-bond acceptors (Lipinski definition) is 3. The van der Waals surface area contributed by atoms with Crippen molar-refractivity contribution >= 4 is 11.7 Å². The van der Waals surface area contributed by atoms with E-state index in [4.69, 9.17) is 9.47 Å². The van der Waals surface area contributed by atoms with E-state index in [1.54, 1.807) is 13.2 Å². The maximum Gasteiger partial charge on any atom is 0.319 e. The fourth-order valence-electron chi connectivity index (χ4n) is 1.85. The Labute approximate surface area is 106 Å². The molecule has 5 heteroatoms. The van der Waals surface area contributed by atoms with Crippen LogP contribution in [0.25, 0.3) is 0 Å². The minimum Gasteiger partial charge on any atom is -0.497 e. The van der Waals surface area contributed by atoms with Crippen molar-refractivity contribution in [2.75, 3.05) is 25.6 Å². The molecule has 5 nitrogen and oxygen atoms in total. The lowest BCUT2D eigenvalue weighted by molar-refractivity contribution is 0.189. The molecule has 1 saturated heterocycles. The number of rotatable bonds is 3. The summed E-state index contributed by atoms with van der Waals surface area (Å²) in [5.74, 6) is 0.722. The second-order valence-electron chi connectivity index (χ2n) is 4.34. The highest BCUT2D eigenvalue weighted by atomic mass is 16.5. The summed E-state index contributed by atoms with van der Waals surface area (Å²) in [7, 11) is 1.60. The number of hydrogen-bond donors (Lipinski definition) is 2. The van der Waals surface area contributed by atoms with Gasteiger partial charge < -0.3 is 20.1 Å². The van der Waals surface area contributed by atoms with Gasteiger partial charge in [-0.3, -0.25) is 0 Å². The molecule has 2 N–H and O–H groups in total. The maximum atomic E-state index is 11.8. The number of amides is 2. The number of ether oxygens (including phenoxy) is 2. The van der Waals surface area contributed by atoms with Crippen molar-refractivity contribution in [1.82, 2.24) is 5.32 Å². The largest absolute Gasteiger partial charge is 0.497 e. The van der Waals surface area contributed by atoms with Crippen LogP contribution in [0.1, 0.15) is 12.0 Å². The molecule has 2 rings (SSSR count). The third-order valence-corrected chi connectivity index (χ3v) is 2.96. The summed E-state index contributed by atoms with van der Waals surface area (Å²) in [6.07, 6.45) is 0.866. The average molecular weight is 250 g/mol. The van der Waals surface area contributed by atoms with Gasteiger partial charge in [0.1, 0.15) is 5.75 Å². The molecule has 0 unspecified atom stereocenters. The molecular weight excluding hydrogens is 232 g/mol. The van der Waals surface area contributed by atoms with Crippen LogP contribution in [0.4, 0.5) is 10.5 Å². The Morgan fingerprint density at radius 3 is 3.00 bits per heavy atom. The molecule has 1 fully saturated rings. The number of urea groups is 1. The van der Waals surface area contributed by atoms with Crippen molar-refractivity contribution in [1.29, 1.82) is 0 Å². The van der Waals surface area contributed by atoms with Crippen LogP contribution in [0, 0.1) is 6.92 Å². The Balaban J connectivity index is 1.97. The monoisotopic (exact) mass is 250 g/mol. The highest BCUT2D eigenvalue weighted by Crippen LogP contribution is 2.21. The summed E-state index contributed by atoms with van der Waals surface area (Å²) in [4.78, 5) is 11.8. The summed E-state index contributed by atoms with van der Waals surface area (Å²) < 4.78 is 10.3. The summed E-state index contributed by atoms with van der Waals surface area (Å²) in [6, 6.07) is 5.48. The van der Waals surface area contributed by atoms with Crippen LogP contribution in [0.15, 0.2) is 18.2 Å². The molecule has 1 aromatic rings. The second kappa shape index (κ2) is 5.73. The van der Waals surface area contributed by atoms with Crippen LogP contribution in [0.3, 0.4) is 0 Å². The lowest BCUT2D eigenvalue weighted by atomic mass is 10.2. The zero-order valence-electron chi connectivity index (χ0n) is 10.7. The summed E-state index contributed by atoms with van der Waals surface area (Å²) >= 11 is 0. The van der Waals surface area contributed by atoms with Gasteiger partial charge in [-0.25, -0.2) is 4.79 Å². The molecule has 1 aromatic carbocycles. The minimum atomic E-state index is -0.207. The van der Waals surface area contributed by atoms with Gasteiger partial charge in [-0.1, -0.05) is 6.07 Å². The summed E-state index contributed by atoms with van der Waals surface area (Å²) in [5.41, 5.74) is 1.75. The molecular formula is C13H18N2O3. The maximum absolute atomic E-state index is 11.8. The van der Waals surface area contributed by atoms with Crippen LogP contribution >= 0.6 is 0 Å². The van der Waals surface area contributed by atoms with E-state index in [-0.39, 0.29) is 12.1 Å². The standard InChI is InChI=1S/C13H18N2O3/c1-9-3-4-11(17-2)7-12(9)15-13(16)14-10-5-6-18-8-10/h3-4,7,10H,5-6,8H2,1-2H3,(H2,14,15,16)/t10-/m0/s1. The van der Waals surface area contributed by atoms with Crippen LogP contribution in [-0.4, -0.2) is 32.4 Å². The van der Waals surface area contributed by atoms with Gasteiger partial charge in [0.15, 0.2) is 0 Å². The first-order valence-electron chi connectivity index (χ1n) is 5.99. The fraction of sp³-hybridized carbons (Fsp3) is 0.462. The van der Waals surface area contributed by atoms with Crippen molar-refractivity contribution in [2.45, 2.75) is 19.4 Å². The first kappa shape index (κ1) is 12.7. The molecule has 2 amide bonds. The van der Waals surface area contributed by atoms with Crippen molar-refractivity contribution < 1.29 is 14.3 Å². The predicted molar refractivity (Wildman–Crippen MR) is 69.1 cm³/mol. The van der Waals surface area contributed by atoms with Crippen molar-refractivity contribution in [3.05, 3.63) is 23.8 Å². The molecule has 0 saturated carbocycles. The lowest BCUT2D eigenvalue weighted by Crippen LogP contribution is -2.38. The van der Waals surface area contributed by atoms with Crippen LogP contribution < -0.4 is 15.4 Å². The van der Waals surface area contributed by atoms with E-state index in [1.807, 2.05) is 19.1 Å². The highest BCUT2D eigenvalue weighted by Gasteiger charge is 2.17. The third-order valence-electron chi connectivity index (χ3n) is 2.96. The van der Waals surface area contributed by atoms with Gasteiger partial charge in [0, 0.05) is 18.4 Å². The lowest BCUT2D eigenvalue weighted by Gasteiger charge is -2.14. The summed E-state index contributed by atoms with van der Waals surface area (Å²) in [5, 5.41) is 5.70.